The van der Waals surface area contributed by atoms with Crippen LogP contribution in [-0.2, 0) is 24.6 Å². The average molecular weight is 579 g/mol. The van der Waals surface area contributed by atoms with Gasteiger partial charge in [0.15, 0.2) is 0 Å². The molecule has 42 heavy (non-hydrogen) atoms. The second-order valence-corrected chi connectivity index (χ2v) is 15.1. The molecule has 0 aliphatic heterocycles. The summed E-state index contributed by atoms with van der Waals surface area (Å²) >= 11 is 0. The first kappa shape index (κ1) is 28.3. The van der Waals surface area contributed by atoms with E-state index >= 15 is 0 Å². The summed E-state index contributed by atoms with van der Waals surface area (Å²) in [5.74, 6) is 0. The molecule has 0 fully saturated rings. The highest BCUT2D eigenvalue weighted by Crippen LogP contribution is 2.47. The molecule has 6 aromatic rings. The maximum absolute atomic E-state index is 2.36. The second kappa shape index (κ2) is 14.4. The van der Waals surface area contributed by atoms with Gasteiger partial charge in [0.05, 0.1) is 0 Å². The summed E-state index contributed by atoms with van der Waals surface area (Å²) in [5, 5.41) is 2.94. The summed E-state index contributed by atoms with van der Waals surface area (Å²) in [6.07, 6.45) is 4.31. The highest BCUT2D eigenvalue weighted by molar-refractivity contribution is 7.64. The molecule has 0 N–H and O–H groups in total. The minimum absolute atomic E-state index is 0.407. The molecular weight excluding hydrogens is 542 g/mol. The monoisotopic (exact) mass is 578 g/mol. The van der Waals surface area contributed by atoms with Crippen LogP contribution < -0.4 is 10.6 Å². The third-order valence-corrected chi connectivity index (χ3v) is 12.7. The zero-order valence-corrected chi connectivity index (χ0v) is 25.7. The van der Waals surface area contributed by atoms with E-state index in [1.54, 1.807) is 0 Å². The lowest BCUT2D eigenvalue weighted by Gasteiger charge is -2.23. The Morgan fingerprint density at radius 1 is 0.286 bits per heavy atom. The Balaban J connectivity index is 1.34. The molecule has 0 aliphatic carbocycles. The zero-order valence-electron chi connectivity index (χ0n) is 23.9. The fourth-order valence-corrected chi connectivity index (χ4v) is 10.4. The van der Waals surface area contributed by atoms with Crippen LogP contribution in [0.3, 0.4) is 0 Å². The fraction of sp³-hybridized carbons (Fsp3) is 0.100. The summed E-state index contributed by atoms with van der Waals surface area (Å²) in [6.45, 7) is 0. The van der Waals surface area contributed by atoms with Crippen molar-refractivity contribution in [3.63, 3.8) is 0 Å². The Hall–Kier alpha value is -3.82. The molecule has 0 radical (unpaired) electrons. The van der Waals surface area contributed by atoms with E-state index in [-0.39, 0.29) is 0 Å². The molecule has 206 valence electrons. The number of rotatable bonds is 11. The average Bonchev–Trinajstić information content (AvgIpc) is 3.06. The molecule has 0 saturated heterocycles. The van der Waals surface area contributed by atoms with Gasteiger partial charge < -0.3 is 0 Å². The minimum Gasteiger partial charge on any atom is -0.0663 e. The van der Waals surface area contributed by atoms with Gasteiger partial charge in [-0.1, -0.05) is 186 Å². The Kier molecular flexibility index (Phi) is 9.69. The van der Waals surface area contributed by atoms with Gasteiger partial charge >= 0.3 is 0 Å². The van der Waals surface area contributed by atoms with Crippen LogP contribution in [0.1, 0.15) is 22.3 Å². The van der Waals surface area contributed by atoms with Crippen LogP contribution in [0.15, 0.2) is 170 Å². The summed E-state index contributed by atoms with van der Waals surface area (Å²) < 4.78 is 0. The molecule has 2 atom stereocenters. The number of hydrogen-bond donors (Lipinski definition) is 0. The van der Waals surface area contributed by atoms with E-state index in [1.165, 1.54) is 44.0 Å². The first-order chi connectivity index (χ1) is 20.8. The van der Waals surface area contributed by atoms with Gasteiger partial charge in [-0.25, -0.2) is 0 Å². The highest BCUT2D eigenvalue weighted by Gasteiger charge is 2.19. The van der Waals surface area contributed by atoms with Crippen LogP contribution in [0.25, 0.3) is 11.1 Å². The summed E-state index contributed by atoms with van der Waals surface area (Å²) in [5.41, 5.74) is 8.49. The SMILES string of the molecule is c1ccc(CP(Cc2ccccc2-c2ccccc2CP(Cc2ccccc2)c2ccccc2)c2ccccc2)cc1. The van der Waals surface area contributed by atoms with Crippen molar-refractivity contribution in [3.8, 4) is 11.1 Å². The molecule has 0 aromatic heterocycles. The van der Waals surface area contributed by atoms with Crippen LogP contribution in [-0.4, -0.2) is 0 Å². The van der Waals surface area contributed by atoms with E-state index in [0.717, 1.165) is 24.6 Å². The molecule has 0 amide bonds. The van der Waals surface area contributed by atoms with E-state index in [0.29, 0.717) is 0 Å². The third-order valence-electron chi connectivity index (χ3n) is 7.72. The molecule has 0 saturated carbocycles. The summed E-state index contributed by atoms with van der Waals surface area (Å²) in [7, 11) is -0.813. The number of hydrogen-bond acceptors (Lipinski definition) is 0. The standard InChI is InChI=1S/C40H36P2/c1-5-17-33(18-6-1)29-41(37-23-9-3-10-24-37)31-35-21-13-15-27-39(35)40-28-16-14-22-36(40)32-42(38-25-11-4-12-26-38)30-34-19-7-2-8-20-34/h1-28H,29-32H2. The van der Waals surface area contributed by atoms with E-state index < -0.39 is 15.8 Å². The smallest absolute Gasteiger partial charge is 0.00236 e. The van der Waals surface area contributed by atoms with Gasteiger partial charge in [0.2, 0.25) is 0 Å². The van der Waals surface area contributed by atoms with Crippen molar-refractivity contribution in [3.05, 3.63) is 192 Å². The largest absolute Gasteiger partial charge is 0.0663 e. The maximum atomic E-state index is 2.36. The van der Waals surface area contributed by atoms with Crippen molar-refractivity contribution in [1.29, 1.82) is 0 Å². The molecule has 2 heteroatoms. The quantitative estimate of drug-likeness (QED) is 0.134. The van der Waals surface area contributed by atoms with Gasteiger partial charge in [-0.05, 0) is 68.6 Å². The maximum Gasteiger partial charge on any atom is -0.00236 e. The molecule has 0 nitrogen and oxygen atoms in total. The van der Waals surface area contributed by atoms with Crippen molar-refractivity contribution in [1.82, 2.24) is 0 Å². The molecule has 6 rings (SSSR count). The Morgan fingerprint density at radius 3 is 0.976 bits per heavy atom. The first-order valence-electron chi connectivity index (χ1n) is 14.7. The predicted octanol–water partition coefficient (Wildman–Crippen LogP) is 10.4. The van der Waals surface area contributed by atoms with Gasteiger partial charge in [0, 0.05) is 0 Å². The first-order valence-corrected chi connectivity index (χ1v) is 18.1. The third kappa shape index (κ3) is 7.33. The van der Waals surface area contributed by atoms with Crippen molar-refractivity contribution in [2.24, 2.45) is 0 Å². The molecule has 6 aromatic carbocycles. The van der Waals surface area contributed by atoms with Crippen molar-refractivity contribution < 1.29 is 0 Å². The topological polar surface area (TPSA) is 0 Å². The molecule has 2 unspecified atom stereocenters. The van der Waals surface area contributed by atoms with E-state index in [2.05, 4.69) is 170 Å². The normalized spacial score (nSPS) is 12.5. The van der Waals surface area contributed by atoms with Crippen molar-refractivity contribution >= 4 is 26.5 Å². The molecule has 0 aliphatic rings. The van der Waals surface area contributed by atoms with E-state index in [1.807, 2.05) is 0 Å². The Bertz CT molecular complexity index is 1540. The van der Waals surface area contributed by atoms with E-state index in [9.17, 15) is 0 Å². The Labute approximate surface area is 253 Å². The van der Waals surface area contributed by atoms with Crippen LogP contribution in [0.2, 0.25) is 0 Å². The van der Waals surface area contributed by atoms with Crippen LogP contribution >= 0.6 is 15.8 Å². The minimum atomic E-state index is -0.407. The second-order valence-electron chi connectivity index (χ2n) is 10.7. The van der Waals surface area contributed by atoms with Crippen LogP contribution in [0.4, 0.5) is 0 Å². The molecule has 0 bridgehead atoms. The predicted molar refractivity (Wildman–Crippen MR) is 186 cm³/mol. The van der Waals surface area contributed by atoms with Crippen LogP contribution in [0, 0.1) is 0 Å². The van der Waals surface area contributed by atoms with Crippen LogP contribution in [0.5, 0.6) is 0 Å². The lowest BCUT2D eigenvalue weighted by Crippen LogP contribution is -2.06. The van der Waals surface area contributed by atoms with Crippen molar-refractivity contribution in [2.75, 3.05) is 0 Å². The molecule has 0 spiro atoms. The molecular formula is C40H36P2. The van der Waals surface area contributed by atoms with Gasteiger partial charge in [0.1, 0.15) is 0 Å². The Morgan fingerprint density at radius 2 is 0.595 bits per heavy atom. The summed E-state index contributed by atoms with van der Waals surface area (Å²) in [6, 6.07) is 62.6. The lowest BCUT2D eigenvalue weighted by atomic mass is 9.97. The van der Waals surface area contributed by atoms with Gasteiger partial charge in [-0.2, -0.15) is 0 Å². The zero-order chi connectivity index (χ0) is 28.4. The van der Waals surface area contributed by atoms with Crippen molar-refractivity contribution in [2.45, 2.75) is 24.6 Å². The number of benzene rings is 6. The van der Waals surface area contributed by atoms with E-state index in [4.69, 9.17) is 0 Å². The lowest BCUT2D eigenvalue weighted by molar-refractivity contribution is 1.30. The molecule has 0 heterocycles. The highest BCUT2D eigenvalue weighted by atomic mass is 31.1. The van der Waals surface area contributed by atoms with Gasteiger partial charge in [-0.3, -0.25) is 0 Å². The fourth-order valence-electron chi connectivity index (χ4n) is 5.62. The summed E-state index contributed by atoms with van der Waals surface area (Å²) in [4.78, 5) is 0. The van der Waals surface area contributed by atoms with Gasteiger partial charge in [0.25, 0.3) is 0 Å². The van der Waals surface area contributed by atoms with Gasteiger partial charge in [-0.15, -0.1) is 0 Å².